The molecule has 1 saturated carbocycles. The number of likely N-dealkylation sites (tertiary alicyclic amines) is 2. The Hall–Kier alpha value is -0.860. The highest BCUT2D eigenvalue weighted by Gasteiger charge is 2.46. The van der Waals surface area contributed by atoms with Crippen LogP contribution in [0.4, 0.5) is 4.79 Å². The number of sulfonamides is 1. The summed E-state index contributed by atoms with van der Waals surface area (Å²) < 4.78 is 31.0. The first-order chi connectivity index (χ1) is 12.4. The van der Waals surface area contributed by atoms with E-state index in [0.717, 1.165) is 64.8 Å². The highest BCUT2D eigenvalue weighted by atomic mass is 32.2. The summed E-state index contributed by atoms with van der Waals surface area (Å²) in [6.07, 6.45) is 6.18. The van der Waals surface area contributed by atoms with Crippen molar-refractivity contribution in [2.45, 2.75) is 64.5 Å². The third kappa shape index (κ3) is 5.81. The first-order valence-electron chi connectivity index (χ1n) is 10.1. The van der Waals surface area contributed by atoms with Crippen LogP contribution in [0.2, 0.25) is 0 Å². The summed E-state index contributed by atoms with van der Waals surface area (Å²) >= 11 is 0. The molecule has 2 heterocycles. The van der Waals surface area contributed by atoms with Crippen molar-refractivity contribution in [1.29, 1.82) is 0 Å². The lowest BCUT2D eigenvalue weighted by molar-refractivity contribution is -0.0395. The Balaban J connectivity index is 1.37. The second kappa shape index (κ2) is 7.52. The second-order valence-corrected chi connectivity index (χ2v) is 11.7. The van der Waals surface area contributed by atoms with Gasteiger partial charge in [-0.05, 0) is 64.2 Å². The molecule has 0 bridgehead atoms. The number of carbonyl (C=O) groups is 1. The number of hydrogen-bond acceptors (Lipinski definition) is 5. The maximum absolute atomic E-state index is 12.2. The van der Waals surface area contributed by atoms with Gasteiger partial charge in [0.25, 0.3) is 0 Å². The molecule has 0 aromatic rings. The van der Waals surface area contributed by atoms with Gasteiger partial charge < -0.3 is 14.5 Å². The molecule has 1 atom stereocenters. The minimum absolute atomic E-state index is 0.108. The molecule has 8 heteroatoms. The van der Waals surface area contributed by atoms with Gasteiger partial charge in [0.15, 0.2) is 0 Å². The van der Waals surface area contributed by atoms with Crippen molar-refractivity contribution in [2.24, 2.45) is 11.3 Å². The molecule has 0 aromatic heterocycles. The van der Waals surface area contributed by atoms with Gasteiger partial charge in [-0.15, -0.1) is 0 Å². The summed E-state index contributed by atoms with van der Waals surface area (Å²) in [5.41, 5.74) is -0.0526. The fourth-order valence-corrected chi connectivity index (χ4v) is 5.68. The van der Waals surface area contributed by atoms with E-state index in [9.17, 15) is 13.2 Å². The molecule has 27 heavy (non-hydrogen) atoms. The molecule has 156 valence electrons. The van der Waals surface area contributed by atoms with Crippen LogP contribution in [-0.2, 0) is 14.8 Å². The largest absolute Gasteiger partial charge is 0.444 e. The zero-order valence-corrected chi connectivity index (χ0v) is 18.0. The summed E-state index contributed by atoms with van der Waals surface area (Å²) in [5.74, 6) is 0.526. The van der Waals surface area contributed by atoms with Crippen LogP contribution in [0, 0.1) is 11.3 Å². The van der Waals surface area contributed by atoms with Crippen molar-refractivity contribution in [3.63, 3.8) is 0 Å². The molecule has 1 N–H and O–H groups in total. The molecule has 0 aromatic carbocycles. The van der Waals surface area contributed by atoms with Crippen molar-refractivity contribution in [2.75, 3.05) is 39.0 Å². The standard InChI is InChI=1S/C19H35N3O4S/c1-18(2,3)26-17(23)22-10-7-15(12-22)11-21-13-19(14-21)8-5-16(6-9-19)20-27(4,24)25/h15-16,20H,5-14H2,1-4H3/t15-/m0/s1. The summed E-state index contributed by atoms with van der Waals surface area (Å²) in [7, 11) is -3.10. The van der Waals surface area contributed by atoms with Crippen molar-refractivity contribution in [3.05, 3.63) is 0 Å². The molecular weight excluding hydrogens is 366 g/mol. The van der Waals surface area contributed by atoms with Gasteiger partial charge in [-0.3, -0.25) is 0 Å². The van der Waals surface area contributed by atoms with E-state index in [0.29, 0.717) is 11.3 Å². The predicted molar refractivity (Wildman–Crippen MR) is 105 cm³/mol. The number of nitrogens with zero attached hydrogens (tertiary/aromatic N) is 2. The van der Waals surface area contributed by atoms with Crippen LogP contribution >= 0.6 is 0 Å². The number of amides is 1. The molecule has 2 aliphatic heterocycles. The van der Waals surface area contributed by atoms with Crippen molar-refractivity contribution >= 4 is 16.1 Å². The van der Waals surface area contributed by atoms with Gasteiger partial charge in [0.1, 0.15) is 5.60 Å². The fraction of sp³-hybridized carbons (Fsp3) is 0.947. The van der Waals surface area contributed by atoms with Gasteiger partial charge in [-0.2, -0.15) is 0 Å². The van der Waals surface area contributed by atoms with E-state index in [1.165, 1.54) is 6.26 Å². The van der Waals surface area contributed by atoms with Crippen LogP contribution in [0.5, 0.6) is 0 Å². The zero-order chi connectivity index (χ0) is 19.9. The Kier molecular flexibility index (Phi) is 5.81. The lowest BCUT2D eigenvalue weighted by Crippen LogP contribution is -2.59. The Morgan fingerprint density at radius 2 is 1.81 bits per heavy atom. The third-order valence-electron chi connectivity index (χ3n) is 6.00. The van der Waals surface area contributed by atoms with E-state index < -0.39 is 15.6 Å². The number of rotatable bonds is 4. The van der Waals surface area contributed by atoms with Gasteiger partial charge in [0.2, 0.25) is 10.0 Å². The van der Waals surface area contributed by atoms with E-state index in [4.69, 9.17) is 4.74 Å². The number of carbonyl (C=O) groups excluding carboxylic acids is 1. The molecule has 0 radical (unpaired) electrons. The smallest absolute Gasteiger partial charge is 0.410 e. The molecule has 7 nitrogen and oxygen atoms in total. The second-order valence-electron chi connectivity index (χ2n) is 9.91. The summed E-state index contributed by atoms with van der Waals surface area (Å²) in [6, 6.07) is 0.108. The molecule has 1 amide bonds. The number of nitrogens with one attached hydrogen (secondary N) is 1. The van der Waals surface area contributed by atoms with Crippen LogP contribution in [0.3, 0.4) is 0 Å². The number of hydrogen-bond donors (Lipinski definition) is 1. The average molecular weight is 402 g/mol. The van der Waals surface area contributed by atoms with Crippen LogP contribution < -0.4 is 4.72 Å². The zero-order valence-electron chi connectivity index (χ0n) is 17.2. The van der Waals surface area contributed by atoms with Crippen LogP contribution in [0.1, 0.15) is 52.9 Å². The normalized spacial score (nSPS) is 27.0. The first kappa shape index (κ1) is 20.9. The predicted octanol–water partition coefficient (Wildman–Crippen LogP) is 2.04. The topological polar surface area (TPSA) is 79.0 Å². The lowest BCUT2D eigenvalue weighted by Gasteiger charge is -2.54. The van der Waals surface area contributed by atoms with Gasteiger partial charge >= 0.3 is 6.09 Å². The van der Waals surface area contributed by atoms with Gasteiger partial charge in [-0.1, -0.05) is 0 Å². The molecule has 3 aliphatic rings. The minimum Gasteiger partial charge on any atom is -0.444 e. The number of ether oxygens (including phenoxy) is 1. The molecule has 0 unspecified atom stereocenters. The molecule has 1 aliphatic carbocycles. The van der Waals surface area contributed by atoms with Crippen molar-refractivity contribution in [1.82, 2.24) is 14.5 Å². The Morgan fingerprint density at radius 1 is 1.19 bits per heavy atom. The molecule has 1 spiro atoms. The van der Waals surface area contributed by atoms with Crippen LogP contribution in [-0.4, -0.2) is 74.9 Å². The Bertz CT molecular complexity index is 642. The summed E-state index contributed by atoms with van der Waals surface area (Å²) in [6.45, 7) is 10.6. The molecule has 2 saturated heterocycles. The SMILES string of the molecule is CC(C)(C)OC(=O)N1CC[C@@H](CN2CC3(CCC(NS(C)(=O)=O)CC3)C2)C1. The van der Waals surface area contributed by atoms with Crippen molar-refractivity contribution in [3.8, 4) is 0 Å². The van der Waals surface area contributed by atoms with E-state index in [1.807, 2.05) is 25.7 Å². The van der Waals surface area contributed by atoms with Gasteiger partial charge in [0.05, 0.1) is 6.26 Å². The maximum Gasteiger partial charge on any atom is 0.410 e. The maximum atomic E-state index is 12.2. The third-order valence-corrected chi connectivity index (χ3v) is 6.76. The van der Waals surface area contributed by atoms with E-state index >= 15 is 0 Å². The van der Waals surface area contributed by atoms with Gasteiger partial charge in [-0.25, -0.2) is 17.9 Å². The lowest BCUT2D eigenvalue weighted by atomic mass is 9.67. The molecular formula is C19H35N3O4S. The van der Waals surface area contributed by atoms with E-state index in [1.54, 1.807) is 0 Å². The minimum atomic E-state index is -3.10. The Morgan fingerprint density at radius 3 is 2.37 bits per heavy atom. The van der Waals surface area contributed by atoms with Crippen LogP contribution in [0.25, 0.3) is 0 Å². The first-order valence-corrected chi connectivity index (χ1v) is 12.0. The molecule has 3 rings (SSSR count). The Labute approximate surface area is 163 Å². The molecule has 3 fully saturated rings. The highest BCUT2D eigenvalue weighted by Crippen LogP contribution is 2.44. The van der Waals surface area contributed by atoms with E-state index in [2.05, 4.69) is 9.62 Å². The summed E-state index contributed by atoms with van der Waals surface area (Å²) in [5, 5.41) is 0. The highest BCUT2D eigenvalue weighted by molar-refractivity contribution is 7.88. The van der Waals surface area contributed by atoms with Gasteiger partial charge in [0, 0.05) is 38.8 Å². The van der Waals surface area contributed by atoms with Crippen LogP contribution in [0.15, 0.2) is 0 Å². The fourth-order valence-electron chi connectivity index (χ4n) is 4.84. The quantitative estimate of drug-likeness (QED) is 0.780. The van der Waals surface area contributed by atoms with Crippen molar-refractivity contribution < 1.29 is 17.9 Å². The summed E-state index contributed by atoms with van der Waals surface area (Å²) in [4.78, 5) is 16.5. The monoisotopic (exact) mass is 401 g/mol. The van der Waals surface area contributed by atoms with E-state index in [-0.39, 0.29) is 12.1 Å². The average Bonchev–Trinajstić information content (AvgIpc) is 2.93.